The molecule has 1 aliphatic rings. The summed E-state index contributed by atoms with van der Waals surface area (Å²) in [5.41, 5.74) is 0.0617. The molecule has 5 heteroatoms. The summed E-state index contributed by atoms with van der Waals surface area (Å²) in [6.45, 7) is 2.04. The second-order valence-electron chi connectivity index (χ2n) is 3.49. The normalized spacial score (nSPS) is 21.7. The topological polar surface area (TPSA) is 24.1 Å². The van der Waals surface area contributed by atoms with E-state index in [0.717, 1.165) is 18.7 Å². The van der Waals surface area contributed by atoms with Gasteiger partial charge in [0.15, 0.2) is 0 Å². The zero-order valence-corrected chi connectivity index (χ0v) is 8.74. The molecule has 0 aromatic heterocycles. The largest absolute Gasteiger partial charge is 0.314 e. The van der Waals surface area contributed by atoms with Crippen LogP contribution in [0.2, 0.25) is 5.02 Å². The monoisotopic (exact) mass is 232 g/mol. The molecule has 82 valence electrons. The van der Waals surface area contributed by atoms with Gasteiger partial charge in [0, 0.05) is 30.2 Å². The van der Waals surface area contributed by atoms with Crippen molar-refractivity contribution >= 4 is 11.6 Å². The molecule has 1 aromatic carbocycles. The van der Waals surface area contributed by atoms with E-state index in [0.29, 0.717) is 13.1 Å². The quantitative estimate of drug-likeness (QED) is 0.772. The molecule has 0 amide bonds. The Bertz CT molecular complexity index is 341. The summed E-state index contributed by atoms with van der Waals surface area (Å²) in [6.07, 6.45) is 0. The van der Waals surface area contributed by atoms with Crippen LogP contribution < -0.4 is 10.6 Å². The van der Waals surface area contributed by atoms with Crippen LogP contribution in [-0.2, 0) is 0 Å². The minimum Gasteiger partial charge on any atom is -0.314 e. The Kier molecular flexibility index (Phi) is 3.19. The van der Waals surface area contributed by atoms with E-state index >= 15 is 0 Å². The van der Waals surface area contributed by atoms with Gasteiger partial charge in [0.05, 0.1) is 6.04 Å². The lowest BCUT2D eigenvalue weighted by Crippen LogP contribution is -2.43. The summed E-state index contributed by atoms with van der Waals surface area (Å²) in [7, 11) is 0. The molecule has 0 unspecified atom stereocenters. The van der Waals surface area contributed by atoms with Crippen LogP contribution in [-0.4, -0.2) is 19.6 Å². The number of benzene rings is 1. The molecule has 0 bridgehead atoms. The fraction of sp³-hybridized carbons (Fsp3) is 0.400. The molecule has 1 aliphatic heterocycles. The summed E-state index contributed by atoms with van der Waals surface area (Å²) < 4.78 is 27.0. The van der Waals surface area contributed by atoms with Gasteiger partial charge in [-0.3, -0.25) is 0 Å². The predicted octanol–water partition coefficient (Wildman–Crippen LogP) is 1.85. The molecular formula is C10H11ClF2N2. The average molecular weight is 233 g/mol. The third-order valence-electron chi connectivity index (χ3n) is 2.43. The zero-order chi connectivity index (χ0) is 10.8. The Hall–Kier alpha value is -0.710. The first kappa shape index (κ1) is 10.8. The second kappa shape index (κ2) is 4.43. The van der Waals surface area contributed by atoms with Gasteiger partial charge >= 0.3 is 0 Å². The minimum absolute atomic E-state index is 0.0617. The van der Waals surface area contributed by atoms with Gasteiger partial charge in [-0.2, -0.15) is 0 Å². The van der Waals surface area contributed by atoms with E-state index in [-0.39, 0.29) is 16.6 Å². The second-order valence-corrected chi connectivity index (χ2v) is 3.93. The molecule has 2 rings (SSSR count). The van der Waals surface area contributed by atoms with Crippen molar-refractivity contribution in [2.24, 2.45) is 0 Å². The highest BCUT2D eigenvalue weighted by atomic mass is 35.5. The molecule has 2 nitrogen and oxygen atoms in total. The minimum atomic E-state index is -0.596. The smallest absolute Gasteiger partial charge is 0.132 e. The Morgan fingerprint density at radius 3 is 2.40 bits per heavy atom. The molecule has 15 heavy (non-hydrogen) atoms. The van der Waals surface area contributed by atoms with Crippen molar-refractivity contribution in [2.45, 2.75) is 6.04 Å². The number of piperazine rings is 1. The van der Waals surface area contributed by atoms with E-state index in [1.807, 2.05) is 0 Å². The van der Waals surface area contributed by atoms with Gasteiger partial charge in [-0.05, 0) is 12.1 Å². The fourth-order valence-corrected chi connectivity index (χ4v) is 1.94. The first-order chi connectivity index (χ1) is 7.18. The van der Waals surface area contributed by atoms with Crippen molar-refractivity contribution in [1.82, 2.24) is 10.6 Å². The maximum Gasteiger partial charge on any atom is 0.132 e. The van der Waals surface area contributed by atoms with Crippen molar-refractivity contribution in [3.8, 4) is 0 Å². The number of hydrogen-bond donors (Lipinski definition) is 2. The summed E-state index contributed by atoms with van der Waals surface area (Å²) in [6, 6.07) is 1.95. The molecule has 1 aromatic rings. The van der Waals surface area contributed by atoms with Crippen LogP contribution in [0, 0.1) is 11.6 Å². The summed E-state index contributed by atoms with van der Waals surface area (Å²) >= 11 is 5.55. The van der Waals surface area contributed by atoms with E-state index in [4.69, 9.17) is 11.6 Å². The molecule has 0 radical (unpaired) electrons. The maximum absolute atomic E-state index is 13.5. The van der Waals surface area contributed by atoms with Gasteiger partial charge in [-0.15, -0.1) is 0 Å². The Labute approximate surface area is 91.6 Å². The highest BCUT2D eigenvalue weighted by Crippen LogP contribution is 2.24. The molecule has 1 saturated heterocycles. The predicted molar refractivity (Wildman–Crippen MR) is 55.0 cm³/mol. The highest BCUT2D eigenvalue weighted by Gasteiger charge is 2.22. The van der Waals surface area contributed by atoms with Crippen molar-refractivity contribution in [3.63, 3.8) is 0 Å². The molecule has 2 N–H and O–H groups in total. The Morgan fingerprint density at radius 2 is 1.87 bits per heavy atom. The van der Waals surface area contributed by atoms with Crippen molar-refractivity contribution in [1.29, 1.82) is 0 Å². The molecule has 0 spiro atoms. The number of rotatable bonds is 1. The molecule has 0 saturated carbocycles. The number of hydrogen-bond acceptors (Lipinski definition) is 2. The van der Waals surface area contributed by atoms with Crippen molar-refractivity contribution in [3.05, 3.63) is 34.4 Å². The van der Waals surface area contributed by atoms with Crippen LogP contribution in [0.4, 0.5) is 8.78 Å². The number of nitrogens with one attached hydrogen (secondary N) is 2. The molecule has 0 aliphatic carbocycles. The van der Waals surface area contributed by atoms with Crippen LogP contribution in [0.15, 0.2) is 12.1 Å². The van der Waals surface area contributed by atoms with E-state index in [2.05, 4.69) is 10.6 Å². The van der Waals surface area contributed by atoms with E-state index in [1.54, 1.807) is 0 Å². The van der Waals surface area contributed by atoms with Gasteiger partial charge in [0.25, 0.3) is 0 Å². The fourth-order valence-electron chi connectivity index (χ4n) is 1.74. The lowest BCUT2D eigenvalue weighted by atomic mass is 10.0. The third kappa shape index (κ3) is 2.27. The molecular weight excluding hydrogens is 222 g/mol. The molecule has 1 heterocycles. The summed E-state index contributed by atoms with van der Waals surface area (Å²) in [5.74, 6) is -1.19. The first-order valence-corrected chi connectivity index (χ1v) is 5.15. The van der Waals surface area contributed by atoms with E-state index < -0.39 is 11.6 Å². The van der Waals surface area contributed by atoms with Crippen LogP contribution in [0.5, 0.6) is 0 Å². The van der Waals surface area contributed by atoms with Crippen LogP contribution in [0.1, 0.15) is 11.6 Å². The summed E-state index contributed by atoms with van der Waals surface area (Å²) in [5, 5.41) is 6.21. The van der Waals surface area contributed by atoms with Crippen molar-refractivity contribution in [2.75, 3.05) is 19.6 Å². The maximum atomic E-state index is 13.5. The number of halogens is 3. The SMILES string of the molecule is Fc1cc(Cl)cc(F)c1[C@@H]1CNCCN1. The van der Waals surface area contributed by atoms with Gasteiger partial charge in [0.2, 0.25) is 0 Å². The van der Waals surface area contributed by atoms with Crippen LogP contribution in [0.25, 0.3) is 0 Å². The third-order valence-corrected chi connectivity index (χ3v) is 2.65. The lowest BCUT2D eigenvalue weighted by molar-refractivity contribution is 0.401. The van der Waals surface area contributed by atoms with Crippen LogP contribution in [0.3, 0.4) is 0 Å². The van der Waals surface area contributed by atoms with Crippen molar-refractivity contribution < 1.29 is 8.78 Å². The van der Waals surface area contributed by atoms with Gasteiger partial charge < -0.3 is 10.6 Å². The van der Waals surface area contributed by atoms with Crippen LogP contribution >= 0.6 is 11.6 Å². The van der Waals surface area contributed by atoms with E-state index in [1.165, 1.54) is 0 Å². The summed E-state index contributed by atoms with van der Waals surface area (Å²) in [4.78, 5) is 0. The zero-order valence-electron chi connectivity index (χ0n) is 7.99. The lowest BCUT2D eigenvalue weighted by Gasteiger charge is -2.25. The average Bonchev–Trinajstić information content (AvgIpc) is 2.17. The van der Waals surface area contributed by atoms with Gasteiger partial charge in [-0.1, -0.05) is 11.6 Å². The highest BCUT2D eigenvalue weighted by molar-refractivity contribution is 6.30. The van der Waals surface area contributed by atoms with Gasteiger partial charge in [0.1, 0.15) is 11.6 Å². The van der Waals surface area contributed by atoms with Gasteiger partial charge in [-0.25, -0.2) is 8.78 Å². The first-order valence-electron chi connectivity index (χ1n) is 4.77. The standard InChI is InChI=1S/C10H11ClF2N2/c11-6-3-7(12)10(8(13)4-6)9-5-14-1-2-15-9/h3-4,9,14-15H,1-2,5H2/t9-/m0/s1. The Balaban J connectivity index is 2.33. The molecule has 1 fully saturated rings. The Morgan fingerprint density at radius 1 is 1.20 bits per heavy atom. The molecule has 1 atom stereocenters. The van der Waals surface area contributed by atoms with E-state index in [9.17, 15) is 8.78 Å².